The van der Waals surface area contributed by atoms with E-state index in [1.165, 1.54) is 35.7 Å². The van der Waals surface area contributed by atoms with Gasteiger partial charge in [-0.1, -0.05) is 62.8 Å². The number of carboxylic acid groups (broad SMARTS) is 1. The van der Waals surface area contributed by atoms with E-state index >= 15 is 0 Å². The lowest BCUT2D eigenvalue weighted by atomic mass is 10.1. The highest BCUT2D eigenvalue weighted by atomic mass is 35.5. The number of ether oxygens (including phenoxy) is 1. The molecule has 0 fully saturated rings. The highest BCUT2D eigenvalue weighted by Crippen LogP contribution is 2.21. The van der Waals surface area contributed by atoms with E-state index in [0.717, 1.165) is 24.8 Å². The topological polar surface area (TPSA) is 83.9 Å². The van der Waals surface area contributed by atoms with Crippen LogP contribution in [0.4, 0.5) is 0 Å². The first-order valence-corrected chi connectivity index (χ1v) is 12.8. The second-order valence-corrected chi connectivity index (χ2v) is 10.1. The first-order chi connectivity index (χ1) is 15.3. The fourth-order valence-corrected chi connectivity index (χ4v) is 4.97. The first-order valence-electron chi connectivity index (χ1n) is 11.0. The summed E-state index contributed by atoms with van der Waals surface area (Å²) in [6.45, 7) is 2.52. The number of halogens is 1. The molecular formula is C24H32ClNO5S. The predicted octanol–water partition coefficient (Wildman–Crippen LogP) is 5.40. The van der Waals surface area contributed by atoms with Crippen molar-refractivity contribution in [2.45, 2.75) is 56.8 Å². The molecule has 176 valence electrons. The lowest BCUT2D eigenvalue weighted by molar-refractivity contribution is -0.139. The van der Waals surface area contributed by atoms with Gasteiger partial charge in [0.05, 0.1) is 4.90 Å². The largest absolute Gasteiger partial charge is 0.482 e. The molecule has 0 saturated carbocycles. The van der Waals surface area contributed by atoms with Crippen molar-refractivity contribution in [3.05, 3.63) is 59.1 Å². The zero-order valence-electron chi connectivity index (χ0n) is 18.5. The molecule has 0 amide bonds. The number of carbonyl (C=O) groups is 1. The number of rotatable bonds is 15. The van der Waals surface area contributed by atoms with Crippen LogP contribution < -0.4 is 4.74 Å². The van der Waals surface area contributed by atoms with E-state index in [1.807, 2.05) is 6.07 Å². The van der Waals surface area contributed by atoms with Gasteiger partial charge >= 0.3 is 5.97 Å². The van der Waals surface area contributed by atoms with Gasteiger partial charge in [0.2, 0.25) is 10.0 Å². The van der Waals surface area contributed by atoms with Crippen molar-refractivity contribution in [3.63, 3.8) is 0 Å². The molecule has 0 aliphatic rings. The van der Waals surface area contributed by atoms with E-state index in [1.54, 1.807) is 30.3 Å². The van der Waals surface area contributed by atoms with E-state index in [4.69, 9.17) is 21.4 Å². The minimum atomic E-state index is -3.65. The Hall–Kier alpha value is -2.09. The van der Waals surface area contributed by atoms with Crippen LogP contribution in [-0.2, 0) is 21.2 Å². The summed E-state index contributed by atoms with van der Waals surface area (Å²) in [6, 6.07) is 13.3. The monoisotopic (exact) mass is 481 g/mol. The lowest BCUT2D eigenvalue weighted by Crippen LogP contribution is -2.34. The molecule has 1 N–H and O–H groups in total. The molecule has 2 aromatic rings. The minimum absolute atomic E-state index is 0.228. The molecule has 0 aliphatic heterocycles. The Morgan fingerprint density at radius 1 is 1.00 bits per heavy atom. The molecule has 0 aliphatic carbocycles. The first kappa shape index (κ1) is 26.2. The maximum absolute atomic E-state index is 13.3. The molecule has 2 aromatic carbocycles. The van der Waals surface area contributed by atoms with E-state index in [-0.39, 0.29) is 4.90 Å². The molecule has 0 atom stereocenters. The molecule has 0 heterocycles. The molecule has 0 bridgehead atoms. The summed E-state index contributed by atoms with van der Waals surface area (Å²) in [4.78, 5) is 10.9. The summed E-state index contributed by atoms with van der Waals surface area (Å²) in [7, 11) is -3.65. The van der Waals surface area contributed by atoms with E-state index in [2.05, 4.69) is 6.92 Å². The summed E-state index contributed by atoms with van der Waals surface area (Å²) >= 11 is 5.93. The SMILES string of the molecule is CCCCCCCCN(CCc1cccc(OCC(=O)O)c1)S(=O)(=O)c1ccc(Cl)cc1. The Morgan fingerprint density at radius 2 is 1.69 bits per heavy atom. The molecule has 0 saturated heterocycles. The van der Waals surface area contributed by atoms with Crippen molar-refractivity contribution >= 4 is 27.6 Å². The third-order valence-corrected chi connectivity index (χ3v) is 7.29. The lowest BCUT2D eigenvalue weighted by Gasteiger charge is -2.22. The molecular weight excluding hydrogens is 450 g/mol. The molecule has 2 rings (SSSR count). The van der Waals surface area contributed by atoms with E-state index in [9.17, 15) is 13.2 Å². The molecule has 0 aromatic heterocycles. The van der Waals surface area contributed by atoms with Crippen molar-refractivity contribution in [3.8, 4) is 5.75 Å². The second kappa shape index (κ2) is 13.5. The van der Waals surface area contributed by atoms with Crippen LogP contribution in [-0.4, -0.2) is 43.5 Å². The van der Waals surface area contributed by atoms with Crippen LogP contribution >= 0.6 is 11.6 Å². The number of unbranched alkanes of at least 4 members (excludes halogenated alkanes) is 5. The molecule has 0 radical (unpaired) electrons. The third kappa shape index (κ3) is 8.81. The van der Waals surface area contributed by atoms with E-state index < -0.39 is 22.6 Å². The average Bonchev–Trinajstić information content (AvgIpc) is 2.77. The number of benzene rings is 2. The third-order valence-electron chi connectivity index (χ3n) is 5.12. The van der Waals surface area contributed by atoms with Gasteiger partial charge in [0.15, 0.2) is 6.61 Å². The number of carboxylic acids is 1. The predicted molar refractivity (Wildman–Crippen MR) is 127 cm³/mol. The summed E-state index contributed by atoms with van der Waals surface area (Å²) in [6.07, 6.45) is 6.94. The molecule has 32 heavy (non-hydrogen) atoms. The summed E-state index contributed by atoms with van der Waals surface area (Å²) in [5.74, 6) is -0.595. The molecule has 6 nitrogen and oxygen atoms in total. The Balaban J connectivity index is 2.08. The molecule has 0 spiro atoms. The Labute approximate surface area is 196 Å². The maximum atomic E-state index is 13.3. The van der Waals surface area contributed by atoms with Crippen LogP contribution in [0.1, 0.15) is 51.0 Å². The van der Waals surface area contributed by atoms with Gasteiger partial charge < -0.3 is 9.84 Å². The minimum Gasteiger partial charge on any atom is -0.482 e. The van der Waals surface area contributed by atoms with E-state index in [0.29, 0.717) is 30.3 Å². The number of sulfonamides is 1. The number of aliphatic carboxylic acids is 1. The van der Waals surface area contributed by atoms with Crippen molar-refractivity contribution in [1.82, 2.24) is 4.31 Å². The summed E-state index contributed by atoms with van der Waals surface area (Å²) < 4.78 is 33.3. The van der Waals surface area contributed by atoms with Crippen LogP contribution in [0, 0.1) is 0 Å². The van der Waals surface area contributed by atoms with Gasteiger partial charge in [-0.05, 0) is 54.8 Å². The van der Waals surface area contributed by atoms with Crippen LogP contribution in [0.25, 0.3) is 0 Å². The van der Waals surface area contributed by atoms with Gasteiger partial charge in [0.25, 0.3) is 0 Å². The van der Waals surface area contributed by atoms with Crippen molar-refractivity contribution < 1.29 is 23.1 Å². The Kier molecular flexibility index (Phi) is 11.0. The van der Waals surface area contributed by atoms with Gasteiger partial charge in [-0.25, -0.2) is 13.2 Å². The average molecular weight is 482 g/mol. The standard InChI is InChI=1S/C24H32ClNO5S/c1-2-3-4-5-6-7-16-26(32(29,30)23-13-11-21(25)12-14-23)17-15-20-9-8-10-22(18-20)31-19-24(27)28/h8-14,18H,2-7,15-17,19H2,1H3,(H,27,28). The van der Waals surface area contributed by atoms with Gasteiger partial charge in [-0.2, -0.15) is 4.31 Å². The molecule has 0 unspecified atom stereocenters. The number of nitrogens with zero attached hydrogens (tertiary/aromatic N) is 1. The summed E-state index contributed by atoms with van der Waals surface area (Å²) in [5, 5.41) is 9.27. The van der Waals surface area contributed by atoms with Crippen LogP contribution in [0.15, 0.2) is 53.4 Å². The number of hydrogen-bond donors (Lipinski definition) is 1. The number of hydrogen-bond acceptors (Lipinski definition) is 4. The zero-order chi connectivity index (χ0) is 23.4. The summed E-state index contributed by atoms with van der Waals surface area (Å²) in [5.41, 5.74) is 0.882. The van der Waals surface area contributed by atoms with Crippen LogP contribution in [0.3, 0.4) is 0 Å². The fourth-order valence-electron chi connectivity index (χ4n) is 3.37. The molecule has 8 heteroatoms. The van der Waals surface area contributed by atoms with Gasteiger partial charge in [0.1, 0.15) is 5.75 Å². The van der Waals surface area contributed by atoms with Crippen LogP contribution in [0.5, 0.6) is 5.75 Å². The van der Waals surface area contributed by atoms with Crippen molar-refractivity contribution in [2.24, 2.45) is 0 Å². The maximum Gasteiger partial charge on any atom is 0.341 e. The fraction of sp³-hybridized carbons (Fsp3) is 0.458. The van der Waals surface area contributed by atoms with Gasteiger partial charge in [-0.3, -0.25) is 0 Å². The Morgan fingerprint density at radius 3 is 2.38 bits per heavy atom. The van der Waals surface area contributed by atoms with Crippen LogP contribution in [0.2, 0.25) is 5.02 Å². The zero-order valence-corrected chi connectivity index (χ0v) is 20.1. The van der Waals surface area contributed by atoms with Crippen molar-refractivity contribution in [1.29, 1.82) is 0 Å². The highest BCUT2D eigenvalue weighted by molar-refractivity contribution is 7.89. The van der Waals surface area contributed by atoms with Gasteiger partial charge in [0, 0.05) is 18.1 Å². The van der Waals surface area contributed by atoms with Crippen molar-refractivity contribution in [2.75, 3.05) is 19.7 Å². The highest BCUT2D eigenvalue weighted by Gasteiger charge is 2.24. The smallest absolute Gasteiger partial charge is 0.341 e. The van der Waals surface area contributed by atoms with Gasteiger partial charge in [-0.15, -0.1) is 0 Å². The Bertz CT molecular complexity index is 947. The normalized spacial score (nSPS) is 11.6. The quantitative estimate of drug-likeness (QED) is 0.344. The second-order valence-electron chi connectivity index (χ2n) is 7.71.